The highest BCUT2D eigenvalue weighted by molar-refractivity contribution is 5.87. The maximum absolute atomic E-state index is 11.6. The summed E-state index contributed by atoms with van der Waals surface area (Å²) in [6.45, 7) is 4.83. The molecule has 6 N–H and O–H groups in total. The molecule has 0 amide bonds. The molecular weight excluding hydrogens is 584 g/mol. The number of aryl methyl sites for hydroxylation is 2. The number of aromatic nitrogens is 1. The van der Waals surface area contributed by atoms with E-state index in [1.54, 1.807) is 12.1 Å². The smallest absolute Gasteiger partial charge is 0.303 e. The fourth-order valence-corrected chi connectivity index (χ4v) is 5.92. The van der Waals surface area contributed by atoms with E-state index < -0.39 is 18.0 Å². The molecule has 4 aromatic rings. The van der Waals surface area contributed by atoms with Crippen LogP contribution in [0.3, 0.4) is 0 Å². The molecule has 0 aliphatic heterocycles. The van der Waals surface area contributed by atoms with E-state index in [9.17, 15) is 24.6 Å². The summed E-state index contributed by atoms with van der Waals surface area (Å²) in [6.07, 6.45) is 8.24. The van der Waals surface area contributed by atoms with Crippen molar-refractivity contribution in [3.8, 4) is 5.75 Å². The topological polar surface area (TPSA) is 160 Å². The van der Waals surface area contributed by atoms with Gasteiger partial charge >= 0.3 is 11.9 Å². The number of carboxylic acid groups (broad SMARTS) is 2. The van der Waals surface area contributed by atoms with Crippen LogP contribution in [0.2, 0.25) is 0 Å². The van der Waals surface area contributed by atoms with Gasteiger partial charge in [-0.3, -0.25) is 14.4 Å². The molecule has 0 spiro atoms. The number of aromatic amines is 1. The fourth-order valence-electron chi connectivity index (χ4n) is 5.92. The lowest BCUT2D eigenvalue weighted by Gasteiger charge is -2.18. The minimum atomic E-state index is -1.08. The zero-order chi connectivity index (χ0) is 33.2. The van der Waals surface area contributed by atoms with Crippen molar-refractivity contribution in [3.05, 3.63) is 116 Å². The van der Waals surface area contributed by atoms with Gasteiger partial charge in [0.25, 0.3) is 0 Å². The zero-order valence-electron chi connectivity index (χ0n) is 26.3. The van der Waals surface area contributed by atoms with Crippen LogP contribution < -0.4 is 10.9 Å². The number of rotatable bonds is 9. The van der Waals surface area contributed by atoms with Crippen LogP contribution in [0.25, 0.3) is 17.0 Å². The second-order valence-corrected chi connectivity index (χ2v) is 11.5. The van der Waals surface area contributed by atoms with Crippen molar-refractivity contribution in [1.29, 1.82) is 0 Å². The van der Waals surface area contributed by atoms with Gasteiger partial charge in [0, 0.05) is 24.0 Å². The van der Waals surface area contributed by atoms with Crippen LogP contribution in [0.4, 0.5) is 0 Å². The van der Waals surface area contributed by atoms with Crippen LogP contribution in [-0.4, -0.2) is 49.9 Å². The molecule has 0 saturated heterocycles. The molecule has 0 radical (unpaired) electrons. The summed E-state index contributed by atoms with van der Waals surface area (Å²) in [4.78, 5) is 33.5. The molecule has 2 aliphatic carbocycles. The first-order valence-corrected chi connectivity index (χ1v) is 15.7. The standard InChI is InChI=1S/C24H28N2O3.C9H8.C4H6O4/c1-3-14-9-16-11-18(12-17(16)10-15(14)4-2)25-13-22(28)19-5-7-21(27)24-20(19)6-8-23(29)26-24;1-2-5-9-7-3-6-8(9)4-1;5-3(6)1-2-4(7)8/h5-10,18,22,25,27-28H,3-4,11-13H2,1-2H3,(H,26,29);1-6H,7H2;1-2H2,(H,5,6)(H,7,8)/t22-;;/m0../s1. The maximum Gasteiger partial charge on any atom is 0.303 e. The van der Waals surface area contributed by atoms with E-state index in [0.29, 0.717) is 29.1 Å². The Hall–Kier alpha value is -4.73. The molecule has 0 saturated carbocycles. The molecule has 46 heavy (non-hydrogen) atoms. The van der Waals surface area contributed by atoms with Gasteiger partial charge in [0.1, 0.15) is 5.75 Å². The van der Waals surface area contributed by atoms with Gasteiger partial charge in [0.05, 0.1) is 24.5 Å². The molecule has 1 heterocycles. The number of hydrogen-bond donors (Lipinski definition) is 6. The fraction of sp³-hybridized carbons (Fsp3) is 0.324. The highest BCUT2D eigenvalue weighted by Crippen LogP contribution is 2.30. The molecule has 1 aromatic heterocycles. The minimum Gasteiger partial charge on any atom is -0.506 e. The first-order chi connectivity index (χ1) is 22.1. The van der Waals surface area contributed by atoms with Crippen LogP contribution in [0, 0.1) is 0 Å². The molecule has 9 heteroatoms. The Labute approximate surface area is 268 Å². The SMILES string of the molecule is C1=Cc2ccccc2C1.CCc1cc2c(cc1CC)CC(NC[C@H](O)c1ccc(O)c3[nH]c(=O)ccc13)C2.O=C(O)CCC(=O)O. The normalized spacial score (nSPS) is 13.6. The summed E-state index contributed by atoms with van der Waals surface area (Å²) in [7, 11) is 0. The predicted octanol–water partition coefficient (Wildman–Crippen LogP) is 5.34. The van der Waals surface area contributed by atoms with E-state index in [2.05, 4.69) is 72.7 Å². The van der Waals surface area contributed by atoms with Gasteiger partial charge < -0.3 is 30.7 Å². The van der Waals surface area contributed by atoms with E-state index in [0.717, 1.165) is 32.1 Å². The number of aliphatic hydroxyl groups excluding tert-OH is 1. The van der Waals surface area contributed by atoms with Crippen LogP contribution >= 0.6 is 0 Å². The van der Waals surface area contributed by atoms with Gasteiger partial charge in [-0.2, -0.15) is 0 Å². The highest BCUT2D eigenvalue weighted by Gasteiger charge is 2.24. The molecule has 9 nitrogen and oxygen atoms in total. The first kappa shape index (κ1) is 34.1. The number of nitrogens with one attached hydrogen (secondary N) is 2. The first-order valence-electron chi connectivity index (χ1n) is 15.7. The van der Waals surface area contributed by atoms with Gasteiger partial charge in [-0.15, -0.1) is 0 Å². The number of phenolic OH excluding ortho intramolecular Hbond substituents is 1. The molecule has 0 unspecified atom stereocenters. The number of carbonyl (C=O) groups is 2. The number of aliphatic hydroxyl groups is 1. The Morgan fingerprint density at radius 1 is 0.891 bits per heavy atom. The zero-order valence-corrected chi connectivity index (χ0v) is 26.3. The van der Waals surface area contributed by atoms with Gasteiger partial charge in [-0.1, -0.05) is 68.5 Å². The van der Waals surface area contributed by atoms with Gasteiger partial charge in [-0.25, -0.2) is 0 Å². The third-order valence-corrected chi connectivity index (χ3v) is 8.32. The number of allylic oxidation sites excluding steroid dienone is 1. The number of H-pyrrole nitrogens is 1. The van der Waals surface area contributed by atoms with Crippen LogP contribution in [0.5, 0.6) is 5.75 Å². The summed E-state index contributed by atoms with van der Waals surface area (Å²) in [6, 6.07) is 19.8. The predicted molar refractivity (Wildman–Crippen MR) is 179 cm³/mol. The molecular formula is C37H42N2O7. The Balaban J connectivity index is 0.000000229. The van der Waals surface area contributed by atoms with Crippen molar-refractivity contribution in [3.63, 3.8) is 0 Å². The molecule has 242 valence electrons. The quantitative estimate of drug-likeness (QED) is 0.145. The lowest BCUT2D eigenvalue weighted by Crippen LogP contribution is -2.33. The summed E-state index contributed by atoms with van der Waals surface area (Å²) >= 11 is 0. The lowest BCUT2D eigenvalue weighted by atomic mass is 9.97. The number of phenols is 1. The number of benzene rings is 3. The van der Waals surface area contributed by atoms with Crippen LogP contribution in [0.1, 0.15) is 71.7 Å². The van der Waals surface area contributed by atoms with Crippen molar-refractivity contribution in [2.75, 3.05) is 6.54 Å². The highest BCUT2D eigenvalue weighted by atomic mass is 16.4. The van der Waals surface area contributed by atoms with E-state index >= 15 is 0 Å². The van der Waals surface area contributed by atoms with Gasteiger partial charge in [-0.05, 0) is 83.2 Å². The molecule has 0 bridgehead atoms. The number of pyridine rings is 1. The second-order valence-electron chi connectivity index (χ2n) is 11.5. The lowest BCUT2D eigenvalue weighted by molar-refractivity contribution is -0.143. The van der Waals surface area contributed by atoms with Gasteiger partial charge in [0.2, 0.25) is 5.56 Å². The number of aromatic hydroxyl groups is 1. The van der Waals surface area contributed by atoms with E-state index in [-0.39, 0.29) is 24.2 Å². The van der Waals surface area contributed by atoms with Crippen molar-refractivity contribution >= 4 is 28.9 Å². The van der Waals surface area contributed by atoms with E-state index in [4.69, 9.17) is 10.2 Å². The average molecular weight is 627 g/mol. The minimum absolute atomic E-state index is 0.00584. The summed E-state index contributed by atoms with van der Waals surface area (Å²) in [5, 5.41) is 40.8. The largest absolute Gasteiger partial charge is 0.506 e. The second kappa shape index (κ2) is 16.0. The Kier molecular flexibility index (Phi) is 11.9. The summed E-state index contributed by atoms with van der Waals surface area (Å²) < 4.78 is 0. The van der Waals surface area contributed by atoms with E-state index in [1.807, 2.05) is 0 Å². The molecule has 2 aliphatic rings. The van der Waals surface area contributed by atoms with Crippen LogP contribution in [-0.2, 0) is 41.7 Å². The third kappa shape index (κ3) is 8.93. The number of aliphatic carboxylic acids is 2. The summed E-state index contributed by atoms with van der Waals surface area (Å²) in [5.41, 5.74) is 9.33. The van der Waals surface area contributed by atoms with Gasteiger partial charge in [0.15, 0.2) is 0 Å². The Morgan fingerprint density at radius 3 is 2.11 bits per heavy atom. The Morgan fingerprint density at radius 2 is 1.52 bits per heavy atom. The third-order valence-electron chi connectivity index (χ3n) is 8.32. The molecule has 0 fully saturated rings. The Bertz CT molecular complexity index is 1730. The summed E-state index contributed by atoms with van der Waals surface area (Å²) in [5.74, 6) is -2.15. The van der Waals surface area contributed by atoms with E-state index in [1.165, 1.54) is 45.5 Å². The number of carboxylic acids is 2. The van der Waals surface area contributed by atoms with Crippen molar-refractivity contribution in [1.82, 2.24) is 10.3 Å². The maximum atomic E-state index is 11.6. The monoisotopic (exact) mass is 626 g/mol. The van der Waals surface area contributed by atoms with Crippen LogP contribution in [0.15, 0.2) is 71.5 Å². The van der Waals surface area contributed by atoms with Crippen molar-refractivity contribution < 1.29 is 30.0 Å². The number of fused-ring (bicyclic) bond motifs is 3. The molecule has 1 atom stereocenters. The van der Waals surface area contributed by atoms with Crippen molar-refractivity contribution in [2.45, 2.75) is 70.9 Å². The average Bonchev–Trinajstić information content (AvgIpc) is 3.69. The molecule has 3 aromatic carbocycles. The number of hydrogen-bond acceptors (Lipinski definition) is 6. The van der Waals surface area contributed by atoms with Crippen molar-refractivity contribution in [2.24, 2.45) is 0 Å². The molecule has 6 rings (SSSR count).